The van der Waals surface area contributed by atoms with Gasteiger partial charge in [-0.3, -0.25) is 14.2 Å². The summed E-state index contributed by atoms with van der Waals surface area (Å²) in [6.45, 7) is 13.3. The number of fused-ring (bicyclic) bond motifs is 1. The summed E-state index contributed by atoms with van der Waals surface area (Å²) >= 11 is 1.46. The Balaban J connectivity index is 1.24. The van der Waals surface area contributed by atoms with E-state index in [1.165, 1.54) is 22.3 Å². The van der Waals surface area contributed by atoms with Crippen LogP contribution in [0.2, 0.25) is 0 Å². The molecule has 0 spiro atoms. The number of hydrogen-bond acceptors (Lipinski definition) is 13. The molecule has 4 N–H and O–H groups in total. The Kier molecular flexibility index (Phi) is 15.3. The fourth-order valence-corrected chi connectivity index (χ4v) is 12.7. The predicted molar refractivity (Wildman–Crippen MR) is 257 cm³/mol. The number of alkyl carbamates (subject to hydrolysis) is 1. The van der Waals surface area contributed by atoms with Gasteiger partial charge < -0.3 is 44.7 Å². The molecule has 3 fully saturated rings. The highest BCUT2D eigenvalue weighted by Crippen LogP contribution is 2.73. The molecule has 0 bridgehead atoms. The van der Waals surface area contributed by atoms with Crippen molar-refractivity contribution in [3.8, 4) is 22.9 Å². The number of ether oxygens (including phenoxy) is 3. The van der Waals surface area contributed by atoms with Crippen molar-refractivity contribution in [3.05, 3.63) is 90.3 Å². The highest BCUT2D eigenvalue weighted by molar-refractivity contribution is 7.60. The number of pyridine rings is 1. The number of carbonyl (C=O) groups excluding carboxylic acids is 3. The van der Waals surface area contributed by atoms with Crippen molar-refractivity contribution >= 4 is 52.6 Å². The maximum absolute atomic E-state index is 15.4. The van der Waals surface area contributed by atoms with Gasteiger partial charge in [0.1, 0.15) is 46.8 Å². The van der Waals surface area contributed by atoms with Crippen LogP contribution in [-0.2, 0) is 29.6 Å². The second-order valence-electron chi connectivity index (χ2n) is 18.7. The van der Waals surface area contributed by atoms with Crippen molar-refractivity contribution in [2.75, 3.05) is 32.2 Å². The van der Waals surface area contributed by atoms with Gasteiger partial charge in [-0.1, -0.05) is 69.3 Å². The SMILES string of the molecule is C=C[C@@H]1C[C@]1(NC(=O)[C@@H]1C[C@@H](Oc2cc(-c3csc(NC(C)C)n3)nc3cc(OC)ccc23)CN1C(=O)[C@@H](NC(=O)OC1CCCC1)C(C)(C)C)P(=O)(Cc1ccccc1)OC/C=C\CO. The molecule has 2 aromatic heterocycles. The minimum absolute atomic E-state index is 0.0146. The van der Waals surface area contributed by atoms with Crippen LogP contribution in [0.1, 0.15) is 78.7 Å². The van der Waals surface area contributed by atoms with Crippen LogP contribution < -0.4 is 25.4 Å². The Bertz CT molecular complexity index is 2450. The van der Waals surface area contributed by atoms with Crippen LogP contribution >= 0.6 is 18.7 Å². The van der Waals surface area contributed by atoms with Gasteiger partial charge in [0.25, 0.3) is 0 Å². The van der Waals surface area contributed by atoms with Crippen molar-refractivity contribution in [1.29, 1.82) is 0 Å². The summed E-state index contributed by atoms with van der Waals surface area (Å²) in [4.78, 5) is 54.8. The van der Waals surface area contributed by atoms with E-state index in [1.807, 2.05) is 94.6 Å². The standard InChI is InChI=1S/C49H63N6O9PS/c1-8-33-27-49(33,65(60,62-23-15-14-22-56)29-32-16-10-9-11-17-32)54-44(57)41-25-36(28-55(41)45(58)43(48(4,5)6)53-47(59)64-34-18-12-13-19-34)63-42-26-39(40-30-66-46(52-40)50-31(2)3)51-38-24-35(61-7)20-21-37(38)42/h8-11,14-17,20-21,24,26,30-31,33-34,36,41,43,56H,1,12-13,18-19,22-23,25,27-29H2,2-7H3,(H,50,52)(H,53,59)(H,54,57)/b15-14-/t33-,36-,41+,43-,49+,65?/m1/s1. The molecule has 15 nitrogen and oxygen atoms in total. The number of benzene rings is 2. The third kappa shape index (κ3) is 11.1. The Morgan fingerprint density at radius 2 is 1.80 bits per heavy atom. The van der Waals surface area contributed by atoms with Crippen LogP contribution in [0, 0.1) is 11.3 Å². The average Bonchev–Trinajstić information content (AvgIpc) is 3.68. The van der Waals surface area contributed by atoms with Crippen LogP contribution in [-0.4, -0.2) is 100 Å². The van der Waals surface area contributed by atoms with Gasteiger partial charge in [0.2, 0.25) is 19.2 Å². The molecule has 0 radical (unpaired) electrons. The van der Waals surface area contributed by atoms with Gasteiger partial charge >= 0.3 is 6.09 Å². The number of likely N-dealkylation sites (tertiary alicyclic amines) is 1. The number of amides is 3. The Morgan fingerprint density at radius 3 is 2.47 bits per heavy atom. The first kappa shape index (κ1) is 48.6. The minimum Gasteiger partial charge on any atom is -0.497 e. The molecule has 1 saturated heterocycles. The lowest BCUT2D eigenvalue weighted by Crippen LogP contribution is -2.58. The zero-order valence-electron chi connectivity index (χ0n) is 38.7. The number of nitrogens with zero attached hydrogens (tertiary/aromatic N) is 3. The van der Waals surface area contributed by atoms with Crippen molar-refractivity contribution in [2.24, 2.45) is 11.3 Å². The molecule has 6 atom stereocenters. The first-order valence-corrected chi connectivity index (χ1v) is 25.4. The number of nitrogens with one attached hydrogen (secondary N) is 3. The first-order chi connectivity index (χ1) is 31.6. The molecular formula is C49H63N6O9PS. The van der Waals surface area contributed by atoms with Crippen molar-refractivity contribution < 1.29 is 42.8 Å². The lowest BCUT2D eigenvalue weighted by Gasteiger charge is -2.36. The van der Waals surface area contributed by atoms with Crippen molar-refractivity contribution in [1.82, 2.24) is 25.5 Å². The van der Waals surface area contributed by atoms with E-state index in [9.17, 15) is 9.90 Å². The zero-order chi connectivity index (χ0) is 47.2. The predicted octanol–water partition coefficient (Wildman–Crippen LogP) is 8.68. The van der Waals surface area contributed by atoms with Gasteiger partial charge in [0.15, 0.2) is 5.13 Å². The summed E-state index contributed by atoms with van der Waals surface area (Å²) in [5.74, 6) is -0.358. The molecule has 66 heavy (non-hydrogen) atoms. The quantitative estimate of drug-likeness (QED) is 0.0518. The van der Waals surface area contributed by atoms with E-state index >= 15 is 14.2 Å². The van der Waals surface area contributed by atoms with Gasteiger partial charge in [0, 0.05) is 41.3 Å². The second-order valence-corrected chi connectivity index (χ2v) is 22.3. The summed E-state index contributed by atoms with van der Waals surface area (Å²) in [5.41, 5.74) is 1.76. The highest BCUT2D eigenvalue weighted by atomic mass is 32.1. The van der Waals surface area contributed by atoms with E-state index in [4.69, 9.17) is 28.7 Å². The normalized spacial score (nSPS) is 22.2. The molecule has 1 unspecified atom stereocenters. The molecule has 2 aliphatic carbocycles. The second kappa shape index (κ2) is 20.7. The molecule has 4 aromatic rings. The lowest BCUT2D eigenvalue weighted by atomic mass is 9.85. The number of aromatic nitrogens is 2. The lowest BCUT2D eigenvalue weighted by molar-refractivity contribution is -0.142. The topological polar surface area (TPSA) is 191 Å². The smallest absolute Gasteiger partial charge is 0.408 e. The van der Waals surface area contributed by atoms with E-state index in [-0.39, 0.29) is 44.5 Å². The third-order valence-corrected chi connectivity index (χ3v) is 16.3. The Morgan fingerprint density at radius 1 is 1.05 bits per heavy atom. The van der Waals surface area contributed by atoms with Crippen LogP contribution in [0.25, 0.3) is 22.3 Å². The third-order valence-electron chi connectivity index (χ3n) is 12.4. The van der Waals surface area contributed by atoms with Crippen LogP contribution in [0.3, 0.4) is 0 Å². The molecule has 17 heteroatoms. The molecule has 2 saturated carbocycles. The number of aliphatic hydroxyl groups excluding tert-OH is 1. The molecule has 3 aliphatic rings. The molecule has 2 aromatic carbocycles. The number of rotatable bonds is 19. The van der Waals surface area contributed by atoms with E-state index in [1.54, 1.807) is 19.3 Å². The number of anilines is 1. The monoisotopic (exact) mass is 942 g/mol. The zero-order valence-corrected chi connectivity index (χ0v) is 40.4. The van der Waals surface area contributed by atoms with Crippen LogP contribution in [0.15, 0.2) is 84.8 Å². The number of thiazole rings is 1. The van der Waals surface area contributed by atoms with E-state index in [0.717, 1.165) is 36.4 Å². The maximum atomic E-state index is 15.4. The minimum atomic E-state index is -3.78. The molecule has 1 aliphatic heterocycles. The van der Waals surface area contributed by atoms with Gasteiger partial charge in [0.05, 0.1) is 44.2 Å². The Hall–Kier alpha value is -5.28. The summed E-state index contributed by atoms with van der Waals surface area (Å²) in [6, 6.07) is 14.6. The maximum Gasteiger partial charge on any atom is 0.408 e. The van der Waals surface area contributed by atoms with E-state index < -0.39 is 60.1 Å². The fraction of sp³-hybridized carbons (Fsp3) is 0.490. The molecule has 3 heterocycles. The number of aliphatic hydroxyl groups is 1. The average molecular weight is 943 g/mol. The summed E-state index contributed by atoms with van der Waals surface area (Å²) in [5, 5.41) is 20.8. The van der Waals surface area contributed by atoms with Gasteiger partial charge in [-0.15, -0.1) is 17.9 Å². The highest BCUT2D eigenvalue weighted by Gasteiger charge is 2.67. The summed E-state index contributed by atoms with van der Waals surface area (Å²) in [6.07, 6.45) is 6.97. The number of methoxy groups -OCH3 is 1. The molecule has 3 amide bonds. The number of carbonyl (C=O) groups is 3. The molecular weight excluding hydrogens is 880 g/mol. The molecule has 7 rings (SSSR count). The van der Waals surface area contributed by atoms with Crippen LogP contribution in [0.4, 0.5) is 9.93 Å². The fourth-order valence-electron chi connectivity index (χ4n) is 8.82. The molecule has 354 valence electrons. The summed E-state index contributed by atoms with van der Waals surface area (Å²) < 4.78 is 39.8. The van der Waals surface area contributed by atoms with Gasteiger partial charge in [-0.05, 0) is 69.1 Å². The van der Waals surface area contributed by atoms with Crippen molar-refractivity contribution in [3.63, 3.8) is 0 Å². The van der Waals surface area contributed by atoms with E-state index in [0.29, 0.717) is 40.2 Å². The van der Waals surface area contributed by atoms with Crippen LogP contribution in [0.5, 0.6) is 11.5 Å². The Labute approximate surface area is 391 Å². The van der Waals surface area contributed by atoms with Crippen molar-refractivity contribution in [2.45, 2.75) is 115 Å². The number of hydrogen-bond donors (Lipinski definition) is 4. The largest absolute Gasteiger partial charge is 0.497 e. The first-order valence-electron chi connectivity index (χ1n) is 22.7. The summed E-state index contributed by atoms with van der Waals surface area (Å²) in [7, 11) is -2.20. The van der Waals surface area contributed by atoms with Gasteiger partial charge in [-0.2, -0.15) is 0 Å². The van der Waals surface area contributed by atoms with Gasteiger partial charge in [-0.25, -0.2) is 14.8 Å². The van der Waals surface area contributed by atoms with E-state index in [2.05, 4.69) is 22.5 Å².